The van der Waals surface area contributed by atoms with Crippen molar-refractivity contribution in [2.45, 2.75) is 18.8 Å². The zero-order valence-electron chi connectivity index (χ0n) is 15.3. The minimum Gasteiger partial charge on any atom is -0.382 e. The average Bonchev–Trinajstić information content (AvgIpc) is 3.14. The third kappa shape index (κ3) is 4.52. The lowest BCUT2D eigenvalue weighted by Gasteiger charge is -2.16. The number of benzene rings is 1. The zero-order chi connectivity index (χ0) is 22.0. The first-order valence-corrected chi connectivity index (χ1v) is 8.85. The number of rotatable bonds is 6. The van der Waals surface area contributed by atoms with Crippen molar-refractivity contribution in [3.05, 3.63) is 63.7 Å². The van der Waals surface area contributed by atoms with Crippen LogP contribution < -0.4 is 10.9 Å². The number of carbonyl (C=O) groups excluding carboxylic acids is 1. The highest BCUT2D eigenvalue weighted by Gasteiger charge is 2.30. The Morgan fingerprint density at radius 3 is 2.47 bits per heavy atom. The number of halogens is 4. The summed E-state index contributed by atoms with van der Waals surface area (Å²) < 4.78 is 41.0. The van der Waals surface area contributed by atoms with Gasteiger partial charge in [0, 0.05) is 17.6 Å². The number of hydrogen-bond acceptors (Lipinski definition) is 5. The maximum atomic E-state index is 13.8. The van der Waals surface area contributed by atoms with E-state index in [1.54, 1.807) is 36.6 Å². The monoisotopic (exact) mass is 441 g/mol. The molecule has 1 aromatic carbocycles. The molecule has 0 radical (unpaired) electrons. The highest BCUT2D eigenvalue weighted by atomic mass is 35.5. The molecule has 3 rings (SSSR count). The molecule has 2 aromatic heterocycles. The molecule has 0 saturated carbocycles. The molecule has 1 unspecified atom stereocenters. The van der Waals surface area contributed by atoms with E-state index in [2.05, 4.69) is 10.2 Å². The topological polar surface area (TPSA) is 102 Å². The summed E-state index contributed by atoms with van der Waals surface area (Å²) in [4.78, 5) is 25.2. The van der Waals surface area contributed by atoms with Crippen molar-refractivity contribution in [1.82, 2.24) is 24.9 Å². The summed E-state index contributed by atoms with van der Waals surface area (Å²) in [6, 6.07) is 7.39. The van der Waals surface area contributed by atoms with Crippen molar-refractivity contribution >= 4 is 17.5 Å². The summed E-state index contributed by atoms with van der Waals surface area (Å²) in [5, 5.41) is 19.3. The van der Waals surface area contributed by atoms with E-state index in [0.29, 0.717) is 10.6 Å². The Bertz CT molecular complexity index is 1120. The van der Waals surface area contributed by atoms with Crippen molar-refractivity contribution in [2.75, 3.05) is 0 Å². The lowest BCUT2D eigenvalue weighted by molar-refractivity contribution is -0.0551. The van der Waals surface area contributed by atoms with E-state index < -0.39 is 35.9 Å². The Hall–Kier alpha value is -3.18. The van der Waals surface area contributed by atoms with Crippen LogP contribution >= 0.6 is 11.6 Å². The molecule has 0 bridgehead atoms. The van der Waals surface area contributed by atoms with Crippen LogP contribution in [0.25, 0.3) is 16.9 Å². The van der Waals surface area contributed by atoms with Crippen LogP contribution in [0.4, 0.5) is 13.2 Å². The van der Waals surface area contributed by atoms with E-state index in [9.17, 15) is 22.8 Å². The molecule has 0 aliphatic heterocycles. The molecule has 8 nitrogen and oxygen atoms in total. The molecule has 0 saturated heterocycles. The first-order valence-electron chi connectivity index (χ1n) is 8.48. The van der Waals surface area contributed by atoms with Gasteiger partial charge in [-0.15, -0.1) is 0 Å². The third-order valence-corrected chi connectivity index (χ3v) is 4.31. The van der Waals surface area contributed by atoms with Gasteiger partial charge in [0.05, 0.1) is 18.1 Å². The lowest BCUT2D eigenvalue weighted by Crippen LogP contribution is -2.45. The zero-order valence-corrected chi connectivity index (χ0v) is 16.1. The molecule has 2 N–H and O–H groups in total. The van der Waals surface area contributed by atoms with Crippen LogP contribution in [0.1, 0.15) is 10.4 Å². The van der Waals surface area contributed by atoms with E-state index in [4.69, 9.17) is 16.7 Å². The van der Waals surface area contributed by atoms with Gasteiger partial charge < -0.3 is 10.4 Å². The molecular weight excluding hydrogens is 427 g/mol. The molecule has 0 aliphatic rings. The van der Waals surface area contributed by atoms with Gasteiger partial charge in [0.25, 0.3) is 17.9 Å². The van der Waals surface area contributed by atoms with Gasteiger partial charge in [0.2, 0.25) is 6.30 Å². The van der Waals surface area contributed by atoms with Gasteiger partial charge in [-0.2, -0.15) is 14.9 Å². The number of aliphatic hydroxyl groups excluding tert-OH is 1. The largest absolute Gasteiger partial charge is 0.382 e. The van der Waals surface area contributed by atoms with Gasteiger partial charge >= 0.3 is 0 Å². The number of hydrogen-bond donors (Lipinski definition) is 2. The highest BCUT2D eigenvalue weighted by molar-refractivity contribution is 6.30. The quantitative estimate of drug-likeness (QED) is 0.569. The maximum absolute atomic E-state index is 13.8. The maximum Gasteiger partial charge on any atom is 0.284 e. The molecule has 3 aromatic rings. The molecule has 2 heterocycles. The minimum absolute atomic E-state index is 0.157. The van der Waals surface area contributed by atoms with Crippen molar-refractivity contribution < 1.29 is 23.1 Å². The second kappa shape index (κ2) is 8.67. The lowest BCUT2D eigenvalue weighted by atomic mass is 10.1. The normalized spacial score (nSPS) is 13.3. The Morgan fingerprint density at radius 2 is 1.90 bits per heavy atom. The first kappa shape index (κ1) is 21.5. The molecular formula is C18H15ClF3N5O3. The molecule has 158 valence electrons. The number of aromatic nitrogens is 4. The number of aliphatic hydroxyl groups is 1. The van der Waals surface area contributed by atoms with Crippen LogP contribution in [-0.4, -0.2) is 49.4 Å². The molecule has 0 aliphatic carbocycles. The molecule has 0 fully saturated rings. The van der Waals surface area contributed by atoms with Crippen LogP contribution in [0.3, 0.4) is 0 Å². The predicted molar refractivity (Wildman–Crippen MR) is 101 cm³/mol. The fraction of sp³-hybridized carbons (Fsp3) is 0.222. The fourth-order valence-electron chi connectivity index (χ4n) is 2.53. The molecule has 2 atom stereocenters. The van der Waals surface area contributed by atoms with E-state index in [0.717, 1.165) is 10.7 Å². The van der Waals surface area contributed by atoms with Crippen LogP contribution in [0.2, 0.25) is 5.02 Å². The Morgan fingerprint density at radius 1 is 1.23 bits per heavy atom. The fourth-order valence-corrected chi connectivity index (χ4v) is 2.65. The summed E-state index contributed by atoms with van der Waals surface area (Å²) in [5.41, 5.74) is -0.641. The third-order valence-electron chi connectivity index (χ3n) is 4.06. The molecule has 0 spiro atoms. The van der Waals surface area contributed by atoms with Crippen LogP contribution in [-0.2, 0) is 7.05 Å². The van der Waals surface area contributed by atoms with E-state index >= 15 is 0 Å². The van der Waals surface area contributed by atoms with Gasteiger partial charge in [-0.3, -0.25) is 14.3 Å². The van der Waals surface area contributed by atoms with Gasteiger partial charge in [0.15, 0.2) is 6.10 Å². The summed E-state index contributed by atoms with van der Waals surface area (Å²) in [5.74, 6) is -1.29. The van der Waals surface area contributed by atoms with Gasteiger partial charge in [-0.05, 0) is 18.2 Å². The van der Waals surface area contributed by atoms with Gasteiger partial charge in [-0.25, -0.2) is 13.2 Å². The number of carbonyl (C=O) groups is 1. The second-order valence-electron chi connectivity index (χ2n) is 6.24. The average molecular weight is 442 g/mol. The Balaban J connectivity index is 2.09. The van der Waals surface area contributed by atoms with Crippen molar-refractivity contribution in [1.29, 1.82) is 0 Å². The first-order chi connectivity index (χ1) is 14.2. The summed E-state index contributed by atoms with van der Waals surface area (Å²) in [6.07, 6.45) is -6.17. The summed E-state index contributed by atoms with van der Waals surface area (Å²) in [7, 11) is 1.60. The van der Waals surface area contributed by atoms with Crippen LogP contribution in [0.15, 0.2) is 47.5 Å². The molecule has 12 heteroatoms. The van der Waals surface area contributed by atoms with Crippen LogP contribution in [0, 0.1) is 0 Å². The highest BCUT2D eigenvalue weighted by Crippen LogP contribution is 2.20. The molecule has 1 amide bonds. The van der Waals surface area contributed by atoms with E-state index in [1.807, 2.05) is 0 Å². The summed E-state index contributed by atoms with van der Waals surface area (Å²) >= 11 is 5.87. The molecule has 30 heavy (non-hydrogen) atoms. The number of nitrogens with zero attached hydrogens (tertiary/aromatic N) is 4. The number of amides is 1. The summed E-state index contributed by atoms with van der Waals surface area (Å²) in [6.45, 7) is 0. The minimum atomic E-state index is -3.42. The number of aryl methyl sites for hydroxylation is 1. The van der Waals surface area contributed by atoms with E-state index in [1.165, 1.54) is 17.1 Å². The Labute approximate surface area is 172 Å². The van der Waals surface area contributed by atoms with Crippen molar-refractivity contribution in [3.8, 4) is 16.9 Å². The number of alkyl halides is 3. The standard InChI is InChI=1S/C18H15ClF3N5O3/c1-26-8-11(7-23-26)27-18(30)12(17(29)24-16(22)14(28)15(20)21)6-13(25-27)9-2-4-10(19)5-3-9/h2-8,14-16,28H,1H3,(H,24,29)/t14-,16?/m0/s1. The SMILES string of the molecule is Cn1cc(-n2nc(-c3ccc(Cl)cc3)cc(C(=O)NC(F)[C@@H](O)C(F)F)c2=O)cn1. The van der Waals surface area contributed by atoms with Crippen molar-refractivity contribution in [3.63, 3.8) is 0 Å². The Kier molecular flexibility index (Phi) is 6.22. The number of nitrogens with one attached hydrogen (secondary N) is 1. The predicted octanol–water partition coefficient (Wildman–Crippen LogP) is 1.94. The van der Waals surface area contributed by atoms with Gasteiger partial charge in [0.1, 0.15) is 11.3 Å². The second-order valence-corrected chi connectivity index (χ2v) is 6.68. The van der Waals surface area contributed by atoms with Gasteiger partial charge in [-0.1, -0.05) is 23.7 Å². The van der Waals surface area contributed by atoms with Crippen molar-refractivity contribution in [2.24, 2.45) is 7.05 Å². The van der Waals surface area contributed by atoms with E-state index in [-0.39, 0.29) is 11.4 Å². The smallest absolute Gasteiger partial charge is 0.284 e. The van der Waals surface area contributed by atoms with Crippen LogP contribution in [0.5, 0.6) is 0 Å².